The summed E-state index contributed by atoms with van der Waals surface area (Å²) < 4.78 is 22.1. The second kappa shape index (κ2) is 9.91. The molecule has 3 nitrogen and oxygen atoms in total. The third kappa shape index (κ3) is 5.97. The van der Waals surface area contributed by atoms with E-state index in [0.717, 1.165) is 48.3 Å². The molecule has 0 radical (unpaired) electrons. The summed E-state index contributed by atoms with van der Waals surface area (Å²) in [4.78, 5) is 0. The highest BCUT2D eigenvalue weighted by molar-refractivity contribution is 7.91. The highest BCUT2D eigenvalue weighted by Gasteiger charge is 2.27. The van der Waals surface area contributed by atoms with Crippen LogP contribution in [0.3, 0.4) is 0 Å². The molecule has 0 saturated heterocycles. The van der Waals surface area contributed by atoms with Gasteiger partial charge in [-0.3, -0.25) is 0 Å². The fourth-order valence-electron chi connectivity index (χ4n) is 2.61. The van der Waals surface area contributed by atoms with Gasteiger partial charge in [0, 0.05) is 19.3 Å². The number of nitrogens with zero attached hydrogens (tertiary/aromatic N) is 1. The maximum absolute atomic E-state index is 12.7. The fourth-order valence-corrected chi connectivity index (χ4v) is 3.27. The molecule has 0 bridgehead atoms. The standard InChI is InChI=1S/C22H29NO2S/c1-22(2,3)26(24)23-21(16-10-11-17-25-4)20-15-9-8-14-19(20)18-12-6-5-7-13-18/h5-9,12-15H,10-11,16-17H2,1-4H3/b23-21+. The van der Waals surface area contributed by atoms with Crippen LogP contribution in [0.25, 0.3) is 11.1 Å². The Morgan fingerprint density at radius 2 is 1.65 bits per heavy atom. The molecule has 0 N–H and O–H groups in total. The molecule has 1 atom stereocenters. The van der Waals surface area contributed by atoms with Crippen LogP contribution in [0.1, 0.15) is 45.6 Å². The summed E-state index contributed by atoms with van der Waals surface area (Å²) in [6.07, 6.45) is 2.71. The van der Waals surface area contributed by atoms with E-state index in [9.17, 15) is 4.55 Å². The van der Waals surface area contributed by atoms with E-state index in [4.69, 9.17) is 4.74 Å². The molecule has 0 aliphatic heterocycles. The maximum Gasteiger partial charge on any atom is 0.144 e. The molecule has 2 rings (SSSR count). The molecule has 0 amide bonds. The van der Waals surface area contributed by atoms with E-state index in [1.807, 2.05) is 51.1 Å². The number of hydrogen-bond donors (Lipinski definition) is 0. The Hall–Kier alpha value is -1.62. The van der Waals surface area contributed by atoms with E-state index in [1.165, 1.54) is 0 Å². The van der Waals surface area contributed by atoms with Gasteiger partial charge in [0.1, 0.15) is 16.1 Å². The van der Waals surface area contributed by atoms with E-state index in [2.05, 4.69) is 28.7 Å². The van der Waals surface area contributed by atoms with Crippen molar-refractivity contribution in [3.63, 3.8) is 0 Å². The largest absolute Gasteiger partial charge is 0.591 e. The lowest BCUT2D eigenvalue weighted by Gasteiger charge is -2.20. The number of unbranched alkanes of at least 4 members (excludes halogenated alkanes) is 1. The van der Waals surface area contributed by atoms with Crippen LogP contribution in [0.15, 0.2) is 59.0 Å². The summed E-state index contributed by atoms with van der Waals surface area (Å²) in [5.74, 6) is 0. The van der Waals surface area contributed by atoms with Gasteiger partial charge >= 0.3 is 0 Å². The molecular formula is C22H29NO2S. The first kappa shape index (κ1) is 20.7. The Labute approximate surface area is 160 Å². The van der Waals surface area contributed by atoms with Gasteiger partial charge in [-0.15, -0.1) is 0 Å². The highest BCUT2D eigenvalue weighted by atomic mass is 32.2. The highest BCUT2D eigenvalue weighted by Crippen LogP contribution is 2.27. The van der Waals surface area contributed by atoms with Gasteiger partial charge in [-0.2, -0.15) is 0 Å². The van der Waals surface area contributed by atoms with Crippen LogP contribution in [-0.4, -0.2) is 28.7 Å². The Balaban J connectivity index is 2.40. The third-order valence-electron chi connectivity index (χ3n) is 4.05. The van der Waals surface area contributed by atoms with Gasteiger partial charge in [0.2, 0.25) is 0 Å². The van der Waals surface area contributed by atoms with E-state index in [1.54, 1.807) is 7.11 Å². The van der Waals surface area contributed by atoms with Gasteiger partial charge in [0.25, 0.3) is 0 Å². The van der Waals surface area contributed by atoms with E-state index in [-0.39, 0.29) is 4.75 Å². The predicted molar refractivity (Wildman–Crippen MR) is 112 cm³/mol. The first-order chi connectivity index (χ1) is 12.4. The van der Waals surface area contributed by atoms with Crippen molar-refractivity contribution in [1.82, 2.24) is 0 Å². The van der Waals surface area contributed by atoms with Crippen molar-refractivity contribution in [2.45, 2.75) is 44.8 Å². The lowest BCUT2D eigenvalue weighted by molar-refractivity contribution is 0.193. The van der Waals surface area contributed by atoms with Gasteiger partial charge in [-0.1, -0.05) is 59.0 Å². The van der Waals surface area contributed by atoms with Gasteiger partial charge in [-0.25, -0.2) is 0 Å². The molecule has 0 heterocycles. The number of benzene rings is 2. The number of methoxy groups -OCH3 is 1. The molecule has 0 aromatic heterocycles. The van der Waals surface area contributed by atoms with Crippen molar-refractivity contribution >= 4 is 17.1 Å². The molecule has 0 aliphatic carbocycles. The number of hydrogen-bond acceptors (Lipinski definition) is 3. The molecular weight excluding hydrogens is 342 g/mol. The fraction of sp³-hybridized carbons (Fsp3) is 0.409. The predicted octanol–water partition coefficient (Wildman–Crippen LogP) is 5.42. The van der Waals surface area contributed by atoms with Crippen molar-refractivity contribution in [1.29, 1.82) is 0 Å². The molecule has 140 valence electrons. The van der Waals surface area contributed by atoms with E-state index >= 15 is 0 Å². The van der Waals surface area contributed by atoms with Crippen LogP contribution in [-0.2, 0) is 16.1 Å². The summed E-state index contributed by atoms with van der Waals surface area (Å²) >= 11 is -1.28. The summed E-state index contributed by atoms with van der Waals surface area (Å²) in [7, 11) is 1.72. The van der Waals surface area contributed by atoms with Crippen molar-refractivity contribution < 1.29 is 9.29 Å². The van der Waals surface area contributed by atoms with E-state index < -0.39 is 11.4 Å². The van der Waals surface area contributed by atoms with Crippen LogP contribution in [0.2, 0.25) is 0 Å². The summed E-state index contributed by atoms with van der Waals surface area (Å²) in [6, 6.07) is 18.5. The van der Waals surface area contributed by atoms with Crippen LogP contribution in [0.5, 0.6) is 0 Å². The van der Waals surface area contributed by atoms with Crippen LogP contribution in [0.4, 0.5) is 0 Å². The second-order valence-corrected chi connectivity index (χ2v) is 9.17. The molecule has 0 fully saturated rings. The van der Waals surface area contributed by atoms with E-state index in [0.29, 0.717) is 0 Å². The Kier molecular flexibility index (Phi) is 7.88. The van der Waals surface area contributed by atoms with Crippen molar-refractivity contribution in [3.05, 3.63) is 60.2 Å². The molecule has 1 unspecified atom stereocenters. The zero-order chi connectivity index (χ0) is 19.0. The Morgan fingerprint density at radius 1 is 1.00 bits per heavy atom. The Bertz CT molecular complexity index is 708. The van der Waals surface area contributed by atoms with Gasteiger partial charge in [0.15, 0.2) is 0 Å². The average Bonchev–Trinajstić information content (AvgIpc) is 2.64. The van der Waals surface area contributed by atoms with Crippen LogP contribution < -0.4 is 0 Å². The van der Waals surface area contributed by atoms with Crippen LogP contribution in [0, 0.1) is 0 Å². The molecule has 0 aliphatic rings. The quantitative estimate of drug-likeness (QED) is 0.353. The third-order valence-corrected chi connectivity index (χ3v) is 5.49. The van der Waals surface area contributed by atoms with Crippen molar-refractivity contribution in [2.75, 3.05) is 13.7 Å². The summed E-state index contributed by atoms with van der Waals surface area (Å²) in [6.45, 7) is 6.60. The monoisotopic (exact) mass is 371 g/mol. The molecule has 0 spiro atoms. The maximum atomic E-state index is 12.7. The molecule has 2 aromatic carbocycles. The minimum absolute atomic E-state index is 0.376. The second-order valence-electron chi connectivity index (χ2n) is 7.26. The lowest BCUT2D eigenvalue weighted by Crippen LogP contribution is -2.27. The first-order valence-corrected chi connectivity index (χ1v) is 10.2. The summed E-state index contributed by atoms with van der Waals surface area (Å²) in [5, 5.41) is 0. The first-order valence-electron chi connectivity index (χ1n) is 9.07. The SMILES string of the molecule is COCCCC/C(=N\[S+]([O-])C(C)(C)C)c1ccccc1-c1ccccc1. The number of ether oxygens (including phenoxy) is 1. The minimum Gasteiger partial charge on any atom is -0.591 e. The number of rotatable bonds is 8. The smallest absolute Gasteiger partial charge is 0.144 e. The minimum atomic E-state index is -1.28. The van der Waals surface area contributed by atoms with Gasteiger partial charge in [0.05, 0.1) is 5.71 Å². The van der Waals surface area contributed by atoms with Gasteiger partial charge in [-0.05, 0) is 51.2 Å². The average molecular weight is 372 g/mol. The molecule has 2 aromatic rings. The molecule has 26 heavy (non-hydrogen) atoms. The van der Waals surface area contributed by atoms with Crippen molar-refractivity contribution in [3.8, 4) is 11.1 Å². The zero-order valence-corrected chi connectivity index (χ0v) is 17.0. The normalized spacial score (nSPS) is 13.7. The molecule has 0 saturated carbocycles. The van der Waals surface area contributed by atoms with Crippen LogP contribution >= 0.6 is 0 Å². The zero-order valence-electron chi connectivity index (χ0n) is 16.2. The molecule has 4 heteroatoms. The Morgan fingerprint density at radius 3 is 2.31 bits per heavy atom. The lowest BCUT2D eigenvalue weighted by atomic mass is 9.94. The van der Waals surface area contributed by atoms with Gasteiger partial charge < -0.3 is 9.29 Å². The topological polar surface area (TPSA) is 44.6 Å². The summed E-state index contributed by atoms with van der Waals surface area (Å²) in [5.41, 5.74) is 4.25. The van der Waals surface area contributed by atoms with Crippen molar-refractivity contribution in [2.24, 2.45) is 4.40 Å².